The van der Waals surface area contributed by atoms with E-state index in [1.165, 1.54) is 11.4 Å². The van der Waals surface area contributed by atoms with Crippen LogP contribution >= 0.6 is 11.3 Å². The molecule has 5 nitrogen and oxygen atoms in total. The Labute approximate surface area is 158 Å². The highest BCUT2D eigenvalue weighted by molar-refractivity contribution is 7.18. The van der Waals surface area contributed by atoms with E-state index in [1.807, 2.05) is 29.4 Å². The van der Waals surface area contributed by atoms with Gasteiger partial charge < -0.3 is 14.5 Å². The molecule has 26 heavy (non-hydrogen) atoms. The molecule has 2 aromatic rings. The largest absolute Gasteiger partial charge is 0.378 e. The Bertz CT molecular complexity index is 756. The fourth-order valence-electron chi connectivity index (χ4n) is 3.76. The van der Waals surface area contributed by atoms with Crippen LogP contribution < -0.4 is 4.90 Å². The third-order valence-corrected chi connectivity index (χ3v) is 6.34. The number of morpholine rings is 1. The zero-order valence-corrected chi connectivity index (χ0v) is 16.0. The van der Waals surface area contributed by atoms with Crippen molar-refractivity contribution in [3.8, 4) is 11.1 Å². The number of pyridine rings is 1. The van der Waals surface area contributed by atoms with Crippen molar-refractivity contribution < 1.29 is 9.53 Å². The summed E-state index contributed by atoms with van der Waals surface area (Å²) in [6, 6.07) is 6.11. The van der Waals surface area contributed by atoms with Gasteiger partial charge in [-0.05, 0) is 42.5 Å². The maximum absolute atomic E-state index is 13.1. The Balaban J connectivity index is 1.67. The average molecular weight is 372 g/mol. The van der Waals surface area contributed by atoms with Gasteiger partial charge in [0.05, 0.1) is 23.1 Å². The molecule has 2 aliphatic heterocycles. The van der Waals surface area contributed by atoms with Crippen molar-refractivity contribution in [2.24, 2.45) is 5.92 Å². The first-order chi connectivity index (χ1) is 12.7. The third-order valence-electron chi connectivity index (χ3n) is 5.16. The normalized spacial score (nSPS) is 21.0. The molecule has 0 aliphatic carbocycles. The topological polar surface area (TPSA) is 45.7 Å². The zero-order chi connectivity index (χ0) is 17.9. The highest BCUT2D eigenvalue weighted by Gasteiger charge is 2.26. The van der Waals surface area contributed by atoms with Crippen LogP contribution in [0.2, 0.25) is 0 Å². The van der Waals surface area contributed by atoms with Crippen LogP contribution in [0.4, 0.5) is 5.00 Å². The molecule has 2 saturated heterocycles. The Kier molecular flexibility index (Phi) is 5.22. The molecule has 1 unspecified atom stereocenters. The fraction of sp³-hybridized carbons (Fsp3) is 0.500. The van der Waals surface area contributed by atoms with Crippen LogP contribution in [-0.4, -0.2) is 55.2 Å². The van der Waals surface area contributed by atoms with E-state index in [2.05, 4.69) is 22.9 Å². The lowest BCUT2D eigenvalue weighted by atomic mass is 10.00. The molecule has 2 aromatic heterocycles. The summed E-state index contributed by atoms with van der Waals surface area (Å²) >= 11 is 1.62. The van der Waals surface area contributed by atoms with Gasteiger partial charge in [-0.3, -0.25) is 9.78 Å². The fourth-order valence-corrected chi connectivity index (χ4v) is 4.96. The van der Waals surface area contributed by atoms with Crippen LogP contribution in [0.25, 0.3) is 11.1 Å². The van der Waals surface area contributed by atoms with Crippen LogP contribution in [0, 0.1) is 5.92 Å². The smallest absolute Gasteiger partial charge is 0.264 e. The summed E-state index contributed by atoms with van der Waals surface area (Å²) in [4.78, 5) is 22.5. The predicted molar refractivity (Wildman–Crippen MR) is 105 cm³/mol. The molecule has 0 N–H and O–H groups in total. The number of hydrogen-bond donors (Lipinski definition) is 0. The number of carbonyl (C=O) groups is 1. The molecule has 0 aromatic carbocycles. The Morgan fingerprint density at radius 2 is 2.00 bits per heavy atom. The van der Waals surface area contributed by atoms with Crippen LogP contribution in [0.5, 0.6) is 0 Å². The van der Waals surface area contributed by atoms with Crippen LogP contribution in [0.15, 0.2) is 30.6 Å². The first-order valence-corrected chi connectivity index (χ1v) is 10.2. The van der Waals surface area contributed by atoms with E-state index in [0.29, 0.717) is 5.92 Å². The molecule has 0 spiro atoms. The number of carbonyl (C=O) groups excluding carboxylic acids is 1. The molecule has 1 atom stereocenters. The quantitative estimate of drug-likeness (QED) is 0.828. The van der Waals surface area contributed by atoms with Crippen molar-refractivity contribution >= 4 is 22.2 Å². The second-order valence-electron chi connectivity index (χ2n) is 7.16. The summed E-state index contributed by atoms with van der Waals surface area (Å²) < 4.78 is 5.51. The molecule has 0 radical (unpaired) electrons. The number of likely N-dealkylation sites (tertiary alicyclic amines) is 1. The summed E-state index contributed by atoms with van der Waals surface area (Å²) in [5, 5.41) is 1.17. The van der Waals surface area contributed by atoms with E-state index in [1.54, 1.807) is 11.3 Å². The highest BCUT2D eigenvalue weighted by Crippen LogP contribution is 2.40. The lowest BCUT2D eigenvalue weighted by Gasteiger charge is -2.30. The van der Waals surface area contributed by atoms with Crippen molar-refractivity contribution in [2.75, 3.05) is 44.3 Å². The van der Waals surface area contributed by atoms with Crippen molar-refractivity contribution in [3.05, 3.63) is 35.5 Å². The summed E-state index contributed by atoms with van der Waals surface area (Å²) in [6.45, 7) is 7.18. The summed E-state index contributed by atoms with van der Waals surface area (Å²) in [7, 11) is 0. The Hall–Kier alpha value is -1.92. The van der Waals surface area contributed by atoms with E-state index in [9.17, 15) is 4.79 Å². The minimum Gasteiger partial charge on any atom is -0.378 e. The number of nitrogens with zero attached hydrogens (tertiary/aromatic N) is 3. The summed E-state index contributed by atoms with van der Waals surface area (Å²) in [6.07, 6.45) is 5.94. The van der Waals surface area contributed by atoms with Gasteiger partial charge in [0.1, 0.15) is 0 Å². The number of aromatic nitrogens is 1. The monoisotopic (exact) mass is 371 g/mol. The Morgan fingerprint density at radius 1 is 1.23 bits per heavy atom. The van der Waals surface area contributed by atoms with Gasteiger partial charge >= 0.3 is 0 Å². The van der Waals surface area contributed by atoms with Gasteiger partial charge in [-0.1, -0.05) is 6.92 Å². The second-order valence-corrected chi connectivity index (χ2v) is 8.19. The van der Waals surface area contributed by atoms with Gasteiger partial charge in [0.25, 0.3) is 5.91 Å². The summed E-state index contributed by atoms with van der Waals surface area (Å²) in [5.41, 5.74) is 2.25. The van der Waals surface area contributed by atoms with Crippen molar-refractivity contribution in [2.45, 2.75) is 19.8 Å². The number of thiophene rings is 1. The SMILES string of the molecule is CC1CCCN(C(=O)c2cc(-c3ccncc3)c(N3CCOCC3)s2)C1. The van der Waals surface area contributed by atoms with Gasteiger partial charge in [-0.2, -0.15) is 0 Å². The first-order valence-electron chi connectivity index (χ1n) is 9.38. The molecule has 0 saturated carbocycles. The van der Waals surface area contributed by atoms with Crippen molar-refractivity contribution in [1.29, 1.82) is 0 Å². The average Bonchev–Trinajstić information content (AvgIpc) is 3.14. The molecule has 2 aliphatic rings. The molecule has 2 fully saturated rings. The zero-order valence-electron chi connectivity index (χ0n) is 15.2. The first kappa shape index (κ1) is 17.5. The number of piperidine rings is 1. The number of anilines is 1. The van der Waals surface area contributed by atoms with Crippen LogP contribution in [0.3, 0.4) is 0 Å². The number of ether oxygens (including phenoxy) is 1. The second kappa shape index (κ2) is 7.76. The minimum absolute atomic E-state index is 0.177. The maximum atomic E-state index is 13.1. The molecule has 0 bridgehead atoms. The third kappa shape index (κ3) is 3.62. The molecule has 1 amide bonds. The van der Waals surface area contributed by atoms with E-state index in [0.717, 1.165) is 61.8 Å². The standard InChI is InChI=1S/C20H25N3O2S/c1-15-3-2-8-23(14-15)19(24)18-13-17(16-4-6-21-7-5-16)20(26-18)22-9-11-25-12-10-22/h4-7,13,15H,2-3,8-12,14H2,1H3. The van der Waals surface area contributed by atoms with Crippen LogP contribution in [-0.2, 0) is 4.74 Å². The van der Waals surface area contributed by atoms with Gasteiger partial charge in [-0.15, -0.1) is 11.3 Å². The van der Waals surface area contributed by atoms with Crippen LogP contribution in [0.1, 0.15) is 29.4 Å². The predicted octanol–water partition coefficient (Wildman–Crippen LogP) is 3.52. The van der Waals surface area contributed by atoms with E-state index in [-0.39, 0.29) is 5.91 Å². The molecule has 4 heterocycles. The molecule has 138 valence electrons. The summed E-state index contributed by atoms with van der Waals surface area (Å²) in [5.74, 6) is 0.766. The van der Waals surface area contributed by atoms with Gasteiger partial charge in [-0.25, -0.2) is 0 Å². The lowest BCUT2D eigenvalue weighted by molar-refractivity contribution is 0.0688. The Morgan fingerprint density at radius 3 is 2.73 bits per heavy atom. The molecular formula is C20H25N3O2S. The van der Waals surface area contributed by atoms with Gasteiger partial charge in [0, 0.05) is 44.1 Å². The van der Waals surface area contributed by atoms with Crippen molar-refractivity contribution in [3.63, 3.8) is 0 Å². The van der Waals surface area contributed by atoms with Gasteiger partial charge in [0.15, 0.2) is 0 Å². The van der Waals surface area contributed by atoms with E-state index in [4.69, 9.17) is 4.74 Å². The molecular weight excluding hydrogens is 346 g/mol. The van der Waals surface area contributed by atoms with Gasteiger partial charge in [0.2, 0.25) is 0 Å². The van der Waals surface area contributed by atoms with Crippen molar-refractivity contribution in [1.82, 2.24) is 9.88 Å². The highest BCUT2D eigenvalue weighted by atomic mass is 32.1. The molecule has 4 rings (SSSR count). The maximum Gasteiger partial charge on any atom is 0.264 e. The molecule has 6 heteroatoms. The number of amides is 1. The van der Waals surface area contributed by atoms with E-state index >= 15 is 0 Å². The number of rotatable bonds is 3. The minimum atomic E-state index is 0.177. The lowest BCUT2D eigenvalue weighted by Crippen LogP contribution is -2.38. The van der Waals surface area contributed by atoms with E-state index < -0.39 is 0 Å². The number of hydrogen-bond acceptors (Lipinski definition) is 5.